The molecule has 2 bridgehead atoms. The third-order valence-corrected chi connectivity index (χ3v) is 5.62. The van der Waals surface area contributed by atoms with Gasteiger partial charge in [0.2, 0.25) is 0 Å². The number of morpholine rings is 1. The molecule has 0 radical (unpaired) electrons. The zero-order valence-corrected chi connectivity index (χ0v) is 19.1. The van der Waals surface area contributed by atoms with Crippen LogP contribution in [0.4, 0.5) is 26.3 Å². The monoisotopic (exact) mass is 545 g/mol. The molecule has 0 amide bonds. The first kappa shape index (κ1) is 29.3. The van der Waals surface area contributed by atoms with Gasteiger partial charge in [0.05, 0.1) is 26.0 Å². The van der Waals surface area contributed by atoms with Crippen LogP contribution in [0.1, 0.15) is 17.8 Å². The van der Waals surface area contributed by atoms with E-state index in [0.29, 0.717) is 12.1 Å². The highest BCUT2D eigenvalue weighted by Gasteiger charge is 2.40. The number of aromatic nitrogens is 2. The average molecular weight is 545 g/mol. The van der Waals surface area contributed by atoms with Crippen LogP contribution < -0.4 is 4.74 Å². The van der Waals surface area contributed by atoms with Gasteiger partial charge in [-0.3, -0.25) is 9.88 Å². The largest absolute Gasteiger partial charge is 0.490 e. The summed E-state index contributed by atoms with van der Waals surface area (Å²) in [7, 11) is 0. The molecule has 200 valence electrons. The normalized spacial score (nSPS) is 21.8. The summed E-state index contributed by atoms with van der Waals surface area (Å²) in [6.45, 7) is 2.50. The van der Waals surface area contributed by atoms with Crippen LogP contribution in [0.5, 0.6) is 5.75 Å². The summed E-state index contributed by atoms with van der Waals surface area (Å²) >= 11 is 1.73. The predicted molar refractivity (Wildman–Crippen MR) is 111 cm³/mol. The maximum absolute atomic E-state index is 10.6. The Morgan fingerprint density at radius 2 is 1.61 bits per heavy atom. The lowest BCUT2D eigenvalue weighted by Crippen LogP contribution is -2.58. The number of carbonyl (C=O) groups is 2. The van der Waals surface area contributed by atoms with Crippen molar-refractivity contribution >= 4 is 23.3 Å². The Morgan fingerprint density at radius 1 is 1.06 bits per heavy atom. The maximum atomic E-state index is 10.6. The molecule has 2 aliphatic heterocycles. The molecule has 2 unspecified atom stereocenters. The fourth-order valence-corrected chi connectivity index (χ4v) is 4.01. The summed E-state index contributed by atoms with van der Waals surface area (Å²) in [4.78, 5) is 28.9. The van der Waals surface area contributed by atoms with Gasteiger partial charge in [0.25, 0.3) is 0 Å². The Morgan fingerprint density at radius 3 is 2.03 bits per heavy atom. The van der Waals surface area contributed by atoms with Crippen molar-refractivity contribution in [3.63, 3.8) is 0 Å². The Hall–Kier alpha value is -2.98. The zero-order chi connectivity index (χ0) is 26.9. The zero-order valence-electron chi connectivity index (χ0n) is 18.3. The van der Waals surface area contributed by atoms with E-state index in [4.69, 9.17) is 29.3 Å². The van der Waals surface area contributed by atoms with Gasteiger partial charge in [-0.25, -0.2) is 14.6 Å². The molecule has 0 spiro atoms. The van der Waals surface area contributed by atoms with E-state index < -0.39 is 24.3 Å². The minimum absolute atomic E-state index is 0.246. The number of pyridine rings is 1. The molecule has 2 N–H and O–H groups in total. The lowest BCUT2D eigenvalue weighted by Gasteiger charge is -2.47. The van der Waals surface area contributed by atoms with Crippen molar-refractivity contribution in [2.45, 2.75) is 49.9 Å². The van der Waals surface area contributed by atoms with Gasteiger partial charge in [0.1, 0.15) is 16.9 Å². The number of piperidine rings is 1. The van der Waals surface area contributed by atoms with Crippen molar-refractivity contribution in [2.75, 3.05) is 13.2 Å². The van der Waals surface area contributed by atoms with Gasteiger partial charge in [-0.15, -0.1) is 11.3 Å². The van der Waals surface area contributed by atoms with Crippen molar-refractivity contribution in [2.24, 2.45) is 0 Å². The highest BCUT2D eigenvalue weighted by Crippen LogP contribution is 2.31. The number of carboxylic acids is 2. The fourth-order valence-electron chi connectivity index (χ4n) is 3.39. The van der Waals surface area contributed by atoms with Crippen LogP contribution in [-0.2, 0) is 20.9 Å². The molecule has 0 saturated carbocycles. The molecule has 0 aromatic carbocycles. The molecule has 4 rings (SSSR count). The van der Waals surface area contributed by atoms with Gasteiger partial charge < -0.3 is 19.7 Å². The second-order valence-electron chi connectivity index (χ2n) is 7.45. The van der Waals surface area contributed by atoms with Crippen molar-refractivity contribution < 1.29 is 55.6 Å². The molecule has 2 aromatic rings. The molecule has 4 heterocycles. The maximum Gasteiger partial charge on any atom is 0.490 e. The van der Waals surface area contributed by atoms with E-state index in [9.17, 15) is 26.3 Å². The molecular formula is C20H21F6N3O6S. The highest BCUT2D eigenvalue weighted by molar-refractivity contribution is 7.09. The number of ether oxygens (including phenoxy) is 2. The first-order valence-electron chi connectivity index (χ1n) is 10.2. The van der Waals surface area contributed by atoms with Crippen molar-refractivity contribution in [3.05, 3.63) is 41.1 Å². The van der Waals surface area contributed by atoms with E-state index in [0.717, 1.165) is 38.3 Å². The predicted octanol–water partition coefficient (Wildman–Crippen LogP) is 3.62. The first-order chi connectivity index (χ1) is 16.8. The fraction of sp³-hybridized carbons (Fsp3) is 0.500. The van der Waals surface area contributed by atoms with Gasteiger partial charge in [-0.1, -0.05) is 0 Å². The third-order valence-electron chi connectivity index (χ3n) is 4.85. The Bertz CT molecular complexity index is 923. The van der Waals surface area contributed by atoms with E-state index in [-0.39, 0.29) is 6.10 Å². The van der Waals surface area contributed by atoms with Crippen LogP contribution in [-0.4, -0.2) is 80.8 Å². The van der Waals surface area contributed by atoms with Crippen molar-refractivity contribution in [1.29, 1.82) is 0 Å². The van der Waals surface area contributed by atoms with Gasteiger partial charge in [-0.05, 0) is 12.1 Å². The van der Waals surface area contributed by atoms with Crippen LogP contribution in [0.2, 0.25) is 0 Å². The van der Waals surface area contributed by atoms with Crippen LogP contribution in [0.15, 0.2) is 36.1 Å². The van der Waals surface area contributed by atoms with Crippen molar-refractivity contribution in [1.82, 2.24) is 14.9 Å². The molecule has 2 fully saturated rings. The minimum atomic E-state index is -5.08. The third kappa shape index (κ3) is 9.58. The van der Waals surface area contributed by atoms with E-state index >= 15 is 0 Å². The van der Waals surface area contributed by atoms with E-state index in [1.165, 1.54) is 5.01 Å². The standard InChI is InChI=1S/C16H19N3O2S.2C2HF3O2/c1-2-14(8-17-3-1)21-15-6-12-10-20-11-13(7-15)19(12)9-16-18-4-5-22-16;2*3-2(4,5)1(6)7/h1-5,8,12-13,15H,6-7,9-11H2;2*(H,6,7). The molecule has 2 atom stereocenters. The summed E-state index contributed by atoms with van der Waals surface area (Å²) in [6.07, 6.45) is -2.49. The molecule has 9 nitrogen and oxygen atoms in total. The summed E-state index contributed by atoms with van der Waals surface area (Å²) in [5.74, 6) is -4.65. The SMILES string of the molecule is O=C(O)C(F)(F)F.O=C(O)C(F)(F)F.c1cncc(OC2CC3COCC(C2)N3Cc2nccs2)c1. The summed E-state index contributed by atoms with van der Waals surface area (Å²) in [5.41, 5.74) is 0. The highest BCUT2D eigenvalue weighted by atomic mass is 32.1. The van der Waals surface area contributed by atoms with E-state index in [1.807, 2.05) is 23.7 Å². The first-order valence-corrected chi connectivity index (χ1v) is 11.0. The summed E-state index contributed by atoms with van der Waals surface area (Å²) in [6, 6.07) is 4.72. The number of alkyl halides is 6. The lowest BCUT2D eigenvalue weighted by molar-refractivity contribution is -0.193. The number of nitrogens with zero attached hydrogens (tertiary/aromatic N) is 3. The number of fused-ring (bicyclic) bond motifs is 2. The Balaban J connectivity index is 0.000000271. The van der Waals surface area contributed by atoms with Gasteiger partial charge in [-0.2, -0.15) is 26.3 Å². The average Bonchev–Trinajstić information content (AvgIpc) is 3.28. The lowest BCUT2D eigenvalue weighted by atomic mass is 9.92. The van der Waals surface area contributed by atoms with E-state index in [2.05, 4.69) is 14.9 Å². The smallest absolute Gasteiger partial charge is 0.489 e. The summed E-state index contributed by atoms with van der Waals surface area (Å²) in [5, 5.41) is 17.5. The Kier molecular flexibility index (Phi) is 10.4. The second kappa shape index (κ2) is 12.8. The Labute approximate surface area is 204 Å². The van der Waals surface area contributed by atoms with Gasteiger partial charge >= 0.3 is 24.3 Å². The number of rotatable bonds is 4. The molecule has 2 saturated heterocycles. The van der Waals surface area contributed by atoms with Crippen LogP contribution in [0.3, 0.4) is 0 Å². The van der Waals surface area contributed by atoms with Crippen LogP contribution >= 0.6 is 11.3 Å². The molecular weight excluding hydrogens is 524 g/mol. The van der Waals surface area contributed by atoms with Crippen LogP contribution in [0.25, 0.3) is 0 Å². The molecule has 2 aliphatic rings. The molecule has 36 heavy (non-hydrogen) atoms. The number of halogens is 6. The minimum Gasteiger partial charge on any atom is -0.489 e. The van der Waals surface area contributed by atoms with Gasteiger partial charge in [0, 0.05) is 42.7 Å². The van der Waals surface area contributed by atoms with E-state index in [1.54, 1.807) is 23.7 Å². The quantitative estimate of drug-likeness (QED) is 0.555. The number of carboxylic acid groups (broad SMARTS) is 2. The molecule has 2 aromatic heterocycles. The van der Waals surface area contributed by atoms with Crippen LogP contribution in [0, 0.1) is 0 Å². The second-order valence-corrected chi connectivity index (χ2v) is 8.43. The van der Waals surface area contributed by atoms with Gasteiger partial charge in [0.15, 0.2) is 0 Å². The molecule has 0 aliphatic carbocycles. The number of hydrogen-bond acceptors (Lipinski definition) is 8. The number of hydrogen-bond donors (Lipinski definition) is 2. The topological polar surface area (TPSA) is 122 Å². The number of aliphatic carboxylic acids is 2. The molecule has 16 heteroatoms. The number of thiazole rings is 1. The van der Waals surface area contributed by atoms with Crippen molar-refractivity contribution in [3.8, 4) is 5.75 Å². The summed E-state index contributed by atoms with van der Waals surface area (Å²) < 4.78 is 75.3.